The fourth-order valence-corrected chi connectivity index (χ4v) is 3.45. The van der Waals surface area contributed by atoms with Crippen molar-refractivity contribution in [2.75, 3.05) is 39.3 Å². The van der Waals surface area contributed by atoms with E-state index in [2.05, 4.69) is 48.3 Å². The van der Waals surface area contributed by atoms with E-state index in [4.69, 9.17) is 0 Å². The lowest BCUT2D eigenvalue weighted by molar-refractivity contribution is 0.145. The van der Waals surface area contributed by atoms with E-state index < -0.39 is 0 Å². The van der Waals surface area contributed by atoms with Crippen LogP contribution >= 0.6 is 0 Å². The molecule has 3 rings (SSSR count). The van der Waals surface area contributed by atoms with Gasteiger partial charge in [-0.2, -0.15) is 0 Å². The van der Waals surface area contributed by atoms with Gasteiger partial charge in [0.25, 0.3) is 0 Å². The lowest BCUT2D eigenvalue weighted by Crippen LogP contribution is -2.53. The Labute approximate surface area is 173 Å². The number of carbonyl (C=O) groups is 1. The highest BCUT2D eigenvalue weighted by molar-refractivity contribution is 5.74. The van der Waals surface area contributed by atoms with Crippen LogP contribution in [0.15, 0.2) is 60.7 Å². The molecule has 1 N–H and O–H groups in total. The molecule has 2 aromatic carbocycles. The first-order valence-electron chi connectivity index (χ1n) is 10.2. The zero-order valence-electron chi connectivity index (χ0n) is 17.3. The molecule has 1 heterocycles. The first kappa shape index (κ1) is 21.1. The number of urea groups is 1. The van der Waals surface area contributed by atoms with Crippen molar-refractivity contribution >= 4 is 12.1 Å². The molecule has 1 saturated heterocycles. The number of nitrogens with zero attached hydrogens (tertiary/aromatic N) is 2. The third-order valence-electron chi connectivity index (χ3n) is 5.44. The third kappa shape index (κ3) is 6.16. The Morgan fingerprint density at radius 3 is 2.34 bits per heavy atom. The molecule has 0 atom stereocenters. The molecule has 0 radical (unpaired) electrons. The smallest absolute Gasteiger partial charge is 0.317 e. The Morgan fingerprint density at radius 1 is 1.03 bits per heavy atom. The van der Waals surface area contributed by atoms with Crippen molar-refractivity contribution in [3.63, 3.8) is 0 Å². The minimum Gasteiger partial charge on any atom is -0.337 e. The Bertz CT molecular complexity index is 810. The second kappa shape index (κ2) is 9.70. The standard InChI is InChI=1S/C24H30FN3O/c1-24(2,21-10-12-22(25)13-11-21)19-26-23(29)28-17-15-27(16-18-28)14-6-9-20-7-4-3-5-8-20/h3-13H,14-19H2,1-2H3,(H,26,29)/b9-6+. The van der Waals surface area contributed by atoms with Gasteiger partial charge in [-0.3, -0.25) is 4.90 Å². The number of benzene rings is 2. The summed E-state index contributed by atoms with van der Waals surface area (Å²) in [4.78, 5) is 16.8. The van der Waals surface area contributed by atoms with Gasteiger partial charge >= 0.3 is 6.03 Å². The van der Waals surface area contributed by atoms with E-state index in [0.29, 0.717) is 6.54 Å². The lowest BCUT2D eigenvalue weighted by Gasteiger charge is -2.35. The van der Waals surface area contributed by atoms with Gasteiger partial charge in [-0.15, -0.1) is 0 Å². The molecular formula is C24H30FN3O. The fourth-order valence-electron chi connectivity index (χ4n) is 3.45. The first-order valence-corrected chi connectivity index (χ1v) is 10.2. The van der Waals surface area contributed by atoms with E-state index >= 15 is 0 Å². The molecule has 1 fully saturated rings. The van der Waals surface area contributed by atoms with Crippen molar-refractivity contribution in [3.05, 3.63) is 77.6 Å². The quantitative estimate of drug-likeness (QED) is 0.798. The number of amides is 2. The summed E-state index contributed by atoms with van der Waals surface area (Å²) >= 11 is 0. The molecular weight excluding hydrogens is 365 g/mol. The van der Waals surface area contributed by atoms with Crippen molar-refractivity contribution in [2.24, 2.45) is 0 Å². The highest BCUT2D eigenvalue weighted by Crippen LogP contribution is 2.22. The Hall–Kier alpha value is -2.66. The average molecular weight is 396 g/mol. The molecule has 29 heavy (non-hydrogen) atoms. The fraction of sp³-hybridized carbons (Fsp3) is 0.375. The zero-order valence-corrected chi connectivity index (χ0v) is 17.3. The molecule has 0 bridgehead atoms. The molecule has 0 aromatic heterocycles. The summed E-state index contributed by atoms with van der Waals surface area (Å²) in [5, 5.41) is 3.05. The minimum absolute atomic E-state index is 0.0281. The van der Waals surface area contributed by atoms with Gasteiger partial charge in [-0.1, -0.05) is 68.5 Å². The number of hydrogen-bond donors (Lipinski definition) is 1. The molecule has 2 aromatic rings. The summed E-state index contributed by atoms with van der Waals surface area (Å²) in [6.07, 6.45) is 4.31. The molecule has 2 amide bonds. The molecule has 1 aliphatic rings. The molecule has 5 heteroatoms. The molecule has 0 unspecified atom stereocenters. The van der Waals surface area contributed by atoms with Crippen molar-refractivity contribution < 1.29 is 9.18 Å². The van der Waals surface area contributed by atoms with Crippen molar-refractivity contribution in [1.82, 2.24) is 15.1 Å². The predicted molar refractivity (Wildman–Crippen MR) is 116 cm³/mol. The van der Waals surface area contributed by atoms with Gasteiger partial charge in [0.1, 0.15) is 5.82 Å². The second-order valence-corrected chi connectivity index (χ2v) is 8.15. The summed E-state index contributed by atoms with van der Waals surface area (Å²) in [5.41, 5.74) is 1.96. The summed E-state index contributed by atoms with van der Waals surface area (Å²) in [5.74, 6) is -0.245. The Balaban J connectivity index is 1.41. The molecule has 1 aliphatic heterocycles. The van der Waals surface area contributed by atoms with Crippen molar-refractivity contribution in [3.8, 4) is 0 Å². The van der Waals surface area contributed by atoms with Gasteiger partial charge < -0.3 is 10.2 Å². The Morgan fingerprint density at radius 2 is 1.69 bits per heavy atom. The van der Waals surface area contributed by atoms with Crippen LogP contribution in [0.1, 0.15) is 25.0 Å². The highest BCUT2D eigenvalue weighted by atomic mass is 19.1. The molecule has 0 aliphatic carbocycles. The third-order valence-corrected chi connectivity index (χ3v) is 5.44. The van der Waals surface area contributed by atoms with E-state index in [1.165, 1.54) is 17.7 Å². The molecule has 4 nitrogen and oxygen atoms in total. The molecule has 154 valence electrons. The van der Waals surface area contributed by atoms with Crippen LogP contribution in [0.4, 0.5) is 9.18 Å². The molecule has 0 saturated carbocycles. The minimum atomic E-state index is -0.257. The van der Waals surface area contributed by atoms with Gasteiger partial charge in [0.2, 0.25) is 0 Å². The van der Waals surface area contributed by atoms with Gasteiger partial charge in [0.15, 0.2) is 0 Å². The maximum absolute atomic E-state index is 13.1. The highest BCUT2D eigenvalue weighted by Gasteiger charge is 2.25. The van der Waals surface area contributed by atoms with E-state index in [9.17, 15) is 9.18 Å². The number of nitrogens with one attached hydrogen (secondary N) is 1. The number of carbonyl (C=O) groups excluding carboxylic acids is 1. The van der Waals surface area contributed by atoms with Crippen molar-refractivity contribution in [2.45, 2.75) is 19.3 Å². The first-order chi connectivity index (χ1) is 13.9. The maximum atomic E-state index is 13.1. The van der Waals surface area contributed by atoms with Crippen LogP contribution in [-0.4, -0.2) is 55.1 Å². The summed E-state index contributed by atoms with van der Waals surface area (Å²) in [6.45, 7) is 8.69. The van der Waals surface area contributed by atoms with E-state index in [-0.39, 0.29) is 17.3 Å². The molecule has 0 spiro atoms. The summed E-state index contributed by atoms with van der Waals surface area (Å²) in [6, 6.07) is 16.7. The SMILES string of the molecule is CC(C)(CNC(=O)N1CCN(C/C=C/c2ccccc2)CC1)c1ccc(F)cc1. The normalized spacial score (nSPS) is 15.6. The van der Waals surface area contributed by atoms with Gasteiger partial charge in [0.05, 0.1) is 0 Å². The summed E-state index contributed by atoms with van der Waals surface area (Å²) in [7, 11) is 0. The Kier molecular flexibility index (Phi) is 7.04. The zero-order chi connectivity index (χ0) is 20.7. The predicted octanol–water partition coefficient (Wildman–Crippen LogP) is 4.14. The van der Waals surface area contributed by atoms with Gasteiger partial charge in [-0.05, 0) is 23.3 Å². The van der Waals surface area contributed by atoms with Gasteiger partial charge in [0, 0.05) is 44.7 Å². The average Bonchev–Trinajstić information content (AvgIpc) is 2.74. The second-order valence-electron chi connectivity index (χ2n) is 8.15. The number of rotatable bonds is 6. The van der Waals surface area contributed by atoms with E-state index in [0.717, 1.165) is 38.3 Å². The topological polar surface area (TPSA) is 35.6 Å². The van der Waals surface area contributed by atoms with Crippen LogP contribution in [0.3, 0.4) is 0 Å². The number of hydrogen-bond acceptors (Lipinski definition) is 2. The van der Waals surface area contributed by atoms with Crippen LogP contribution in [0.25, 0.3) is 6.08 Å². The largest absolute Gasteiger partial charge is 0.337 e. The van der Waals surface area contributed by atoms with Crippen molar-refractivity contribution in [1.29, 1.82) is 0 Å². The maximum Gasteiger partial charge on any atom is 0.317 e. The monoisotopic (exact) mass is 395 g/mol. The summed E-state index contributed by atoms with van der Waals surface area (Å²) < 4.78 is 13.1. The van der Waals surface area contributed by atoms with Crippen LogP contribution < -0.4 is 5.32 Å². The van der Waals surface area contributed by atoms with E-state index in [1.54, 1.807) is 12.1 Å². The van der Waals surface area contributed by atoms with Crippen LogP contribution in [0.5, 0.6) is 0 Å². The lowest BCUT2D eigenvalue weighted by atomic mass is 9.84. The van der Waals surface area contributed by atoms with Crippen LogP contribution in [0.2, 0.25) is 0 Å². The van der Waals surface area contributed by atoms with Crippen LogP contribution in [-0.2, 0) is 5.41 Å². The number of halogens is 1. The van der Waals surface area contributed by atoms with Crippen LogP contribution in [0, 0.1) is 5.82 Å². The number of piperazine rings is 1. The van der Waals surface area contributed by atoms with E-state index in [1.807, 2.05) is 23.1 Å². The van der Waals surface area contributed by atoms with Gasteiger partial charge in [-0.25, -0.2) is 9.18 Å².